The van der Waals surface area contributed by atoms with Crippen molar-refractivity contribution in [3.8, 4) is 0 Å². The van der Waals surface area contributed by atoms with Gasteiger partial charge in [0.05, 0.1) is 25.2 Å². The highest BCUT2D eigenvalue weighted by Crippen LogP contribution is 2.25. The van der Waals surface area contributed by atoms with E-state index < -0.39 is 0 Å². The van der Waals surface area contributed by atoms with E-state index >= 15 is 0 Å². The normalized spacial score (nSPS) is 14.1. The minimum atomic E-state index is 0.104. The molecule has 10 nitrogen and oxygen atoms in total. The first-order valence-electron chi connectivity index (χ1n) is 14.9. The third kappa shape index (κ3) is 8.74. The van der Waals surface area contributed by atoms with E-state index in [0.717, 1.165) is 69.1 Å². The zero-order chi connectivity index (χ0) is 29.2. The molecule has 3 heterocycles. The second kappa shape index (κ2) is 14.9. The molecule has 0 aliphatic carbocycles. The summed E-state index contributed by atoms with van der Waals surface area (Å²) in [6, 6.07) is 8.70. The van der Waals surface area contributed by atoms with Gasteiger partial charge in [-0.3, -0.25) is 14.5 Å². The minimum absolute atomic E-state index is 0.104. The molecule has 0 bridgehead atoms. The highest BCUT2D eigenvalue weighted by Gasteiger charge is 2.21. The SMILES string of the molecule is CCCCCNc1nc(N)nc2ccn(Cc3ccc(CN4CCN(C(=O)CCOCCC(C)=O)CC4)cc3C)c12. The van der Waals surface area contributed by atoms with Crippen LogP contribution in [0.5, 0.6) is 0 Å². The molecule has 0 atom stereocenters. The molecule has 0 unspecified atom stereocenters. The molecule has 1 amide bonds. The molecule has 1 aromatic carbocycles. The molecule has 0 saturated carbocycles. The van der Waals surface area contributed by atoms with E-state index in [4.69, 9.17) is 10.5 Å². The number of nitrogens with two attached hydrogens (primary N) is 1. The number of carbonyl (C=O) groups is 2. The number of hydrogen-bond acceptors (Lipinski definition) is 8. The van der Waals surface area contributed by atoms with E-state index in [1.54, 1.807) is 6.92 Å². The number of piperazine rings is 1. The van der Waals surface area contributed by atoms with Crippen molar-refractivity contribution in [1.82, 2.24) is 24.3 Å². The Morgan fingerprint density at radius 3 is 2.54 bits per heavy atom. The molecule has 3 N–H and O–H groups in total. The summed E-state index contributed by atoms with van der Waals surface area (Å²) >= 11 is 0. The number of amides is 1. The van der Waals surface area contributed by atoms with Crippen LogP contribution in [0.15, 0.2) is 30.5 Å². The Morgan fingerprint density at radius 2 is 1.80 bits per heavy atom. The highest BCUT2D eigenvalue weighted by molar-refractivity contribution is 5.87. The van der Waals surface area contributed by atoms with Gasteiger partial charge in [-0.2, -0.15) is 4.98 Å². The molecular weight excluding hydrogens is 518 g/mol. The van der Waals surface area contributed by atoms with Gasteiger partial charge in [0.2, 0.25) is 11.9 Å². The number of ketones is 1. The Hall–Kier alpha value is -3.50. The number of fused-ring (bicyclic) bond motifs is 1. The number of ether oxygens (including phenoxy) is 1. The van der Waals surface area contributed by atoms with Crippen LogP contribution in [-0.4, -0.2) is 82.0 Å². The van der Waals surface area contributed by atoms with Crippen molar-refractivity contribution in [2.45, 2.75) is 66.0 Å². The molecule has 0 radical (unpaired) electrons. The summed E-state index contributed by atoms with van der Waals surface area (Å²) in [7, 11) is 0. The summed E-state index contributed by atoms with van der Waals surface area (Å²) in [5.74, 6) is 1.31. The number of carbonyl (C=O) groups excluding carboxylic acids is 2. The van der Waals surface area contributed by atoms with Gasteiger partial charge < -0.3 is 25.3 Å². The number of benzene rings is 1. The van der Waals surface area contributed by atoms with Crippen LogP contribution in [0.4, 0.5) is 11.8 Å². The molecule has 41 heavy (non-hydrogen) atoms. The van der Waals surface area contributed by atoms with Crippen molar-refractivity contribution in [2.75, 3.05) is 57.0 Å². The predicted octanol–water partition coefficient (Wildman–Crippen LogP) is 4.00. The lowest BCUT2D eigenvalue weighted by atomic mass is 10.0. The lowest BCUT2D eigenvalue weighted by molar-refractivity contribution is -0.134. The van der Waals surface area contributed by atoms with Gasteiger partial charge in [0.25, 0.3) is 0 Å². The van der Waals surface area contributed by atoms with Crippen molar-refractivity contribution in [3.63, 3.8) is 0 Å². The standard InChI is InChI=1S/C31H45N7O3/c1-4-5-6-12-33-30-29-27(34-31(32)35-30)9-13-38(29)22-26-8-7-25(20-23(26)2)21-36-14-16-37(17-15-36)28(40)11-19-41-18-10-24(3)39/h7-9,13,20H,4-6,10-12,14-19,21-22H2,1-3H3,(H3,32,33,34,35). The maximum absolute atomic E-state index is 12.5. The maximum atomic E-state index is 12.5. The Balaban J connectivity index is 1.30. The first kappa shape index (κ1) is 30.5. The average molecular weight is 564 g/mol. The lowest BCUT2D eigenvalue weighted by Crippen LogP contribution is -2.48. The molecule has 1 aliphatic heterocycles. The molecule has 4 rings (SSSR count). The van der Waals surface area contributed by atoms with Gasteiger partial charge in [0, 0.05) is 58.4 Å². The number of unbranched alkanes of at least 4 members (excludes halogenated alkanes) is 2. The largest absolute Gasteiger partial charge is 0.380 e. The zero-order valence-electron chi connectivity index (χ0n) is 24.8. The average Bonchev–Trinajstić information content (AvgIpc) is 3.34. The number of anilines is 2. The smallest absolute Gasteiger partial charge is 0.224 e. The van der Waals surface area contributed by atoms with Gasteiger partial charge in [-0.1, -0.05) is 38.0 Å². The van der Waals surface area contributed by atoms with Crippen LogP contribution >= 0.6 is 0 Å². The molecular formula is C31H45N7O3. The number of aromatic nitrogens is 3. The second-order valence-corrected chi connectivity index (χ2v) is 11.0. The zero-order valence-corrected chi connectivity index (χ0v) is 24.8. The number of Topliss-reactive ketones (excluding diaryl/α,β-unsaturated/α-hetero) is 1. The Morgan fingerprint density at radius 1 is 1.02 bits per heavy atom. The Kier molecular flexibility index (Phi) is 11.1. The third-order valence-electron chi connectivity index (χ3n) is 7.64. The summed E-state index contributed by atoms with van der Waals surface area (Å²) in [4.78, 5) is 36.8. The monoisotopic (exact) mass is 563 g/mol. The predicted molar refractivity (Wildman–Crippen MR) is 163 cm³/mol. The number of nitrogens with zero attached hydrogens (tertiary/aromatic N) is 5. The fraction of sp³-hybridized carbons (Fsp3) is 0.548. The number of nitrogen functional groups attached to an aromatic ring is 1. The van der Waals surface area contributed by atoms with Crippen molar-refractivity contribution >= 4 is 34.5 Å². The lowest BCUT2D eigenvalue weighted by Gasteiger charge is -2.35. The van der Waals surface area contributed by atoms with Gasteiger partial charge in [-0.15, -0.1) is 0 Å². The molecule has 3 aromatic rings. The molecule has 10 heteroatoms. The minimum Gasteiger partial charge on any atom is -0.380 e. The molecule has 222 valence electrons. The van der Waals surface area contributed by atoms with E-state index in [2.05, 4.69) is 63.0 Å². The van der Waals surface area contributed by atoms with E-state index in [1.807, 2.05) is 11.0 Å². The quantitative estimate of drug-likeness (QED) is 0.266. The van der Waals surface area contributed by atoms with Gasteiger partial charge >= 0.3 is 0 Å². The van der Waals surface area contributed by atoms with Gasteiger partial charge in [0.1, 0.15) is 11.3 Å². The first-order chi connectivity index (χ1) is 19.8. The number of nitrogens with one attached hydrogen (secondary N) is 1. The third-order valence-corrected chi connectivity index (χ3v) is 7.64. The van der Waals surface area contributed by atoms with Crippen LogP contribution < -0.4 is 11.1 Å². The van der Waals surface area contributed by atoms with Gasteiger partial charge in [0.15, 0.2) is 5.82 Å². The molecule has 0 spiro atoms. The van der Waals surface area contributed by atoms with Crippen LogP contribution in [0, 0.1) is 6.92 Å². The van der Waals surface area contributed by atoms with Crippen molar-refractivity contribution < 1.29 is 14.3 Å². The highest BCUT2D eigenvalue weighted by atomic mass is 16.5. The van der Waals surface area contributed by atoms with Crippen LogP contribution in [0.2, 0.25) is 0 Å². The molecule has 1 fully saturated rings. The van der Waals surface area contributed by atoms with E-state index in [-0.39, 0.29) is 17.6 Å². The Bertz CT molecular complexity index is 1310. The van der Waals surface area contributed by atoms with Crippen molar-refractivity contribution in [3.05, 3.63) is 47.2 Å². The second-order valence-electron chi connectivity index (χ2n) is 11.0. The van der Waals surface area contributed by atoms with E-state index in [0.29, 0.717) is 26.1 Å². The topological polar surface area (TPSA) is 119 Å². The fourth-order valence-corrected chi connectivity index (χ4v) is 5.23. The van der Waals surface area contributed by atoms with E-state index in [9.17, 15) is 9.59 Å². The maximum Gasteiger partial charge on any atom is 0.224 e. The number of aryl methyl sites for hydroxylation is 1. The van der Waals surface area contributed by atoms with Gasteiger partial charge in [-0.05, 0) is 43.0 Å². The Labute approximate surface area is 243 Å². The molecule has 2 aromatic heterocycles. The van der Waals surface area contributed by atoms with Crippen LogP contribution in [0.3, 0.4) is 0 Å². The summed E-state index contributed by atoms with van der Waals surface area (Å²) in [6.07, 6.45) is 6.26. The summed E-state index contributed by atoms with van der Waals surface area (Å²) in [5, 5.41) is 3.47. The molecule has 1 saturated heterocycles. The fourth-order valence-electron chi connectivity index (χ4n) is 5.23. The summed E-state index contributed by atoms with van der Waals surface area (Å²) in [6.45, 7) is 12.3. The van der Waals surface area contributed by atoms with Crippen LogP contribution in [-0.2, 0) is 27.4 Å². The van der Waals surface area contributed by atoms with E-state index in [1.165, 1.54) is 29.5 Å². The van der Waals surface area contributed by atoms with Gasteiger partial charge in [-0.25, -0.2) is 4.98 Å². The van der Waals surface area contributed by atoms with Crippen LogP contribution in [0.25, 0.3) is 11.0 Å². The van der Waals surface area contributed by atoms with Crippen LogP contribution in [0.1, 0.15) is 62.6 Å². The number of hydrogen-bond donors (Lipinski definition) is 2. The van der Waals surface area contributed by atoms with Crippen molar-refractivity contribution in [2.24, 2.45) is 0 Å². The number of rotatable bonds is 15. The first-order valence-corrected chi connectivity index (χ1v) is 14.9. The summed E-state index contributed by atoms with van der Waals surface area (Å²) in [5.41, 5.74) is 11.6. The molecule has 1 aliphatic rings. The van der Waals surface area contributed by atoms with Crippen molar-refractivity contribution in [1.29, 1.82) is 0 Å². The summed E-state index contributed by atoms with van der Waals surface area (Å²) < 4.78 is 7.62.